The second-order valence-electron chi connectivity index (χ2n) is 2.62. The van der Waals surface area contributed by atoms with E-state index in [2.05, 4.69) is 10.6 Å². The molecule has 1 aromatic carbocycles. The molecule has 14 heavy (non-hydrogen) atoms. The third-order valence-corrected chi connectivity index (χ3v) is 1.58. The van der Waals surface area contributed by atoms with Crippen molar-refractivity contribution in [1.29, 1.82) is 5.26 Å². The van der Waals surface area contributed by atoms with Crippen LogP contribution in [0.2, 0.25) is 0 Å². The van der Waals surface area contributed by atoms with Gasteiger partial charge in [-0.15, -0.1) is 0 Å². The van der Waals surface area contributed by atoms with E-state index in [1.807, 2.05) is 43.4 Å². The Morgan fingerprint density at radius 2 is 2.14 bits per heavy atom. The molecule has 0 aliphatic rings. The second-order valence-corrected chi connectivity index (χ2v) is 2.62. The Morgan fingerprint density at radius 3 is 2.71 bits per heavy atom. The lowest BCUT2D eigenvalue weighted by atomic mass is 10.3. The molecule has 4 nitrogen and oxygen atoms in total. The quantitative estimate of drug-likeness (QED) is 0.414. The summed E-state index contributed by atoms with van der Waals surface area (Å²) in [4.78, 5) is 0. The number of nitriles is 1. The molecular formula is C10H13N3O. The van der Waals surface area contributed by atoms with Crippen molar-refractivity contribution < 1.29 is 4.74 Å². The highest BCUT2D eigenvalue weighted by molar-refractivity contribution is 5.21. The summed E-state index contributed by atoms with van der Waals surface area (Å²) < 4.78 is 5.45. The fourth-order valence-corrected chi connectivity index (χ4v) is 1.00. The van der Waals surface area contributed by atoms with Crippen molar-refractivity contribution in [2.24, 2.45) is 0 Å². The lowest BCUT2D eigenvalue weighted by molar-refractivity contribution is 0.148. The third-order valence-electron chi connectivity index (χ3n) is 1.58. The van der Waals surface area contributed by atoms with Gasteiger partial charge in [-0.2, -0.15) is 5.26 Å². The van der Waals surface area contributed by atoms with Gasteiger partial charge in [-0.3, -0.25) is 10.6 Å². The van der Waals surface area contributed by atoms with Crippen LogP contribution in [0.4, 0.5) is 0 Å². The smallest absolute Gasteiger partial charge is 0.235 e. The van der Waals surface area contributed by atoms with E-state index in [4.69, 9.17) is 10.00 Å². The van der Waals surface area contributed by atoms with Crippen molar-refractivity contribution in [2.75, 3.05) is 6.54 Å². The molecule has 2 N–H and O–H groups in total. The Kier molecular flexibility index (Phi) is 4.32. The monoisotopic (exact) mass is 191 g/mol. The topological polar surface area (TPSA) is 57.1 Å². The fourth-order valence-electron chi connectivity index (χ4n) is 1.00. The summed E-state index contributed by atoms with van der Waals surface area (Å²) in [5, 5.41) is 13.9. The van der Waals surface area contributed by atoms with E-state index < -0.39 is 6.35 Å². The van der Waals surface area contributed by atoms with Gasteiger partial charge in [0.15, 0.2) is 6.19 Å². The van der Waals surface area contributed by atoms with Gasteiger partial charge < -0.3 is 4.74 Å². The van der Waals surface area contributed by atoms with Crippen LogP contribution in [-0.2, 0) is 0 Å². The van der Waals surface area contributed by atoms with Crippen LogP contribution < -0.4 is 15.4 Å². The van der Waals surface area contributed by atoms with Crippen LogP contribution in [0.1, 0.15) is 6.92 Å². The highest BCUT2D eigenvalue weighted by atomic mass is 16.5. The Labute approximate surface area is 83.5 Å². The molecule has 0 saturated heterocycles. The Hall–Kier alpha value is -1.73. The van der Waals surface area contributed by atoms with Crippen molar-refractivity contribution in [2.45, 2.75) is 13.3 Å². The van der Waals surface area contributed by atoms with Gasteiger partial charge in [0.05, 0.1) is 0 Å². The zero-order chi connectivity index (χ0) is 10.2. The lowest BCUT2D eigenvalue weighted by Gasteiger charge is -2.17. The third kappa shape index (κ3) is 3.33. The van der Waals surface area contributed by atoms with E-state index >= 15 is 0 Å². The van der Waals surface area contributed by atoms with Crippen LogP contribution in [0.25, 0.3) is 0 Å². The van der Waals surface area contributed by atoms with Crippen LogP contribution >= 0.6 is 0 Å². The summed E-state index contributed by atoms with van der Waals surface area (Å²) in [6, 6.07) is 9.34. The number of hydrogen-bond donors (Lipinski definition) is 2. The van der Waals surface area contributed by atoms with E-state index in [1.54, 1.807) is 0 Å². The number of nitrogens with zero attached hydrogens (tertiary/aromatic N) is 1. The molecule has 1 atom stereocenters. The molecule has 0 radical (unpaired) electrons. The minimum absolute atomic E-state index is 0.465. The summed E-state index contributed by atoms with van der Waals surface area (Å²) in [6.45, 7) is 2.67. The van der Waals surface area contributed by atoms with Crippen LogP contribution in [0.15, 0.2) is 30.3 Å². The first kappa shape index (κ1) is 10.4. The van der Waals surface area contributed by atoms with Crippen molar-refractivity contribution in [3.05, 3.63) is 30.3 Å². The first-order chi connectivity index (χ1) is 6.86. The fraction of sp³-hybridized carbons (Fsp3) is 0.300. The molecular weight excluding hydrogens is 178 g/mol. The molecule has 0 heterocycles. The summed E-state index contributed by atoms with van der Waals surface area (Å²) >= 11 is 0. The molecule has 0 bridgehead atoms. The van der Waals surface area contributed by atoms with Gasteiger partial charge in [-0.1, -0.05) is 25.1 Å². The van der Waals surface area contributed by atoms with E-state index in [0.717, 1.165) is 12.3 Å². The minimum Gasteiger partial charge on any atom is -0.457 e. The zero-order valence-corrected chi connectivity index (χ0v) is 8.03. The molecule has 0 aliphatic heterocycles. The number of benzene rings is 1. The molecule has 74 valence electrons. The molecule has 4 heteroatoms. The Balaban J connectivity index is 2.52. The number of ether oxygens (including phenoxy) is 1. The molecule has 0 amide bonds. The van der Waals surface area contributed by atoms with E-state index in [1.165, 1.54) is 0 Å². The van der Waals surface area contributed by atoms with Crippen LogP contribution in [0, 0.1) is 11.5 Å². The van der Waals surface area contributed by atoms with E-state index in [9.17, 15) is 0 Å². The summed E-state index contributed by atoms with van der Waals surface area (Å²) in [6.07, 6.45) is 1.37. The van der Waals surface area contributed by atoms with Gasteiger partial charge in [0, 0.05) is 0 Å². The number of para-hydroxylation sites is 1. The maximum atomic E-state index is 8.46. The van der Waals surface area contributed by atoms with Crippen LogP contribution in [-0.4, -0.2) is 12.9 Å². The average molecular weight is 191 g/mol. The summed E-state index contributed by atoms with van der Waals surface area (Å²) in [5.74, 6) is 0.723. The average Bonchev–Trinajstić information content (AvgIpc) is 2.20. The molecule has 1 aromatic rings. The van der Waals surface area contributed by atoms with Gasteiger partial charge in [-0.25, -0.2) is 0 Å². The SMILES string of the molecule is CCN[C@H](NC#N)Oc1ccccc1. The van der Waals surface area contributed by atoms with Gasteiger partial charge >= 0.3 is 0 Å². The maximum absolute atomic E-state index is 8.46. The first-order valence-electron chi connectivity index (χ1n) is 4.46. The van der Waals surface area contributed by atoms with Crippen molar-refractivity contribution in [1.82, 2.24) is 10.6 Å². The largest absolute Gasteiger partial charge is 0.457 e. The van der Waals surface area contributed by atoms with Gasteiger partial charge in [-0.05, 0) is 18.7 Å². The number of nitrogens with one attached hydrogen (secondary N) is 2. The van der Waals surface area contributed by atoms with Gasteiger partial charge in [0.1, 0.15) is 5.75 Å². The lowest BCUT2D eigenvalue weighted by Crippen LogP contribution is -2.44. The predicted molar refractivity (Wildman–Crippen MR) is 53.3 cm³/mol. The highest BCUT2D eigenvalue weighted by Crippen LogP contribution is 2.08. The Morgan fingerprint density at radius 1 is 1.43 bits per heavy atom. The van der Waals surface area contributed by atoms with Gasteiger partial charge in [0.2, 0.25) is 6.35 Å². The molecule has 0 fully saturated rings. The van der Waals surface area contributed by atoms with Crippen molar-refractivity contribution in [3.8, 4) is 11.9 Å². The summed E-state index contributed by atoms with van der Waals surface area (Å²) in [5.41, 5.74) is 0. The number of rotatable bonds is 5. The van der Waals surface area contributed by atoms with E-state index in [0.29, 0.717) is 0 Å². The predicted octanol–water partition coefficient (Wildman–Crippen LogP) is 1.03. The number of hydrogen-bond acceptors (Lipinski definition) is 4. The first-order valence-corrected chi connectivity index (χ1v) is 4.46. The van der Waals surface area contributed by atoms with Crippen molar-refractivity contribution >= 4 is 0 Å². The molecule has 0 saturated carbocycles. The van der Waals surface area contributed by atoms with Crippen LogP contribution in [0.3, 0.4) is 0 Å². The highest BCUT2D eigenvalue weighted by Gasteiger charge is 2.05. The molecule has 0 aliphatic carbocycles. The maximum Gasteiger partial charge on any atom is 0.235 e. The standard InChI is InChI=1S/C10H13N3O/c1-2-12-10(13-8-11)14-9-6-4-3-5-7-9/h3-7,10,12-13H,2H2,1H3/t10-/m1/s1. The van der Waals surface area contributed by atoms with Crippen molar-refractivity contribution in [3.63, 3.8) is 0 Å². The second kappa shape index (κ2) is 5.84. The molecule has 1 rings (SSSR count). The summed E-state index contributed by atoms with van der Waals surface area (Å²) in [7, 11) is 0. The molecule has 0 aromatic heterocycles. The molecule has 0 spiro atoms. The van der Waals surface area contributed by atoms with Gasteiger partial charge in [0.25, 0.3) is 0 Å². The van der Waals surface area contributed by atoms with Crippen LogP contribution in [0.5, 0.6) is 5.75 Å². The Bertz CT molecular complexity index is 294. The minimum atomic E-state index is -0.465. The molecule has 0 unspecified atom stereocenters. The van der Waals surface area contributed by atoms with E-state index in [-0.39, 0.29) is 0 Å². The normalized spacial score (nSPS) is 11.4. The zero-order valence-electron chi connectivity index (χ0n) is 8.03.